The van der Waals surface area contributed by atoms with Crippen LogP contribution in [0.3, 0.4) is 0 Å². The van der Waals surface area contributed by atoms with Crippen molar-refractivity contribution in [1.82, 2.24) is 14.8 Å². The molecule has 0 amide bonds. The number of carboxylic acid groups (broad SMARTS) is 1. The molecule has 1 heterocycles. The lowest BCUT2D eigenvalue weighted by Gasteiger charge is -2.06. The number of nitrogens with two attached hydrogens (primary N) is 1. The first kappa shape index (κ1) is 14.8. The number of ether oxygens (including phenoxy) is 1. The Balaban J connectivity index is 2.42. The molecule has 0 unspecified atom stereocenters. The highest BCUT2D eigenvalue weighted by molar-refractivity contribution is 7.99. The van der Waals surface area contributed by atoms with Gasteiger partial charge in [-0.1, -0.05) is 11.8 Å². The Bertz CT molecular complexity index is 383. The SMILES string of the molecule is COCCCCCn1c(N)nnc1SCC(=O)O. The van der Waals surface area contributed by atoms with Gasteiger partial charge < -0.3 is 15.6 Å². The molecule has 0 radical (unpaired) electrons. The molecule has 0 aliphatic heterocycles. The molecular formula is C10H18N4O3S. The van der Waals surface area contributed by atoms with Crippen molar-refractivity contribution in [3.8, 4) is 0 Å². The summed E-state index contributed by atoms with van der Waals surface area (Å²) in [5.74, 6) is -0.593. The summed E-state index contributed by atoms with van der Waals surface area (Å²) in [4.78, 5) is 10.5. The molecule has 7 nitrogen and oxygen atoms in total. The fraction of sp³-hybridized carbons (Fsp3) is 0.700. The zero-order valence-electron chi connectivity index (χ0n) is 10.3. The first-order valence-corrected chi connectivity index (χ1v) is 6.66. The van der Waals surface area contributed by atoms with Crippen LogP contribution in [0.1, 0.15) is 19.3 Å². The number of methoxy groups -OCH3 is 1. The number of anilines is 1. The predicted molar refractivity (Wildman–Crippen MR) is 68.5 cm³/mol. The second-order valence-corrected chi connectivity index (χ2v) is 4.67. The fourth-order valence-electron chi connectivity index (χ4n) is 1.44. The van der Waals surface area contributed by atoms with E-state index in [1.165, 1.54) is 0 Å². The van der Waals surface area contributed by atoms with Crippen molar-refractivity contribution in [3.63, 3.8) is 0 Å². The van der Waals surface area contributed by atoms with E-state index in [2.05, 4.69) is 10.2 Å². The minimum Gasteiger partial charge on any atom is -0.481 e. The Kier molecular flexibility index (Phi) is 6.51. The number of hydrogen-bond acceptors (Lipinski definition) is 6. The maximum atomic E-state index is 10.5. The van der Waals surface area contributed by atoms with Crippen molar-refractivity contribution < 1.29 is 14.6 Å². The maximum absolute atomic E-state index is 10.5. The highest BCUT2D eigenvalue weighted by atomic mass is 32.2. The predicted octanol–water partition coefficient (Wildman–Crippen LogP) is 0.854. The van der Waals surface area contributed by atoms with Crippen LogP contribution in [0.2, 0.25) is 0 Å². The second-order valence-electron chi connectivity index (χ2n) is 3.73. The molecule has 0 aromatic carbocycles. The van der Waals surface area contributed by atoms with E-state index in [4.69, 9.17) is 15.6 Å². The van der Waals surface area contributed by atoms with Gasteiger partial charge in [-0.15, -0.1) is 10.2 Å². The number of hydrogen-bond donors (Lipinski definition) is 2. The first-order valence-electron chi connectivity index (χ1n) is 5.67. The van der Waals surface area contributed by atoms with Crippen molar-refractivity contribution in [2.45, 2.75) is 31.0 Å². The lowest BCUT2D eigenvalue weighted by molar-refractivity contribution is -0.133. The molecule has 18 heavy (non-hydrogen) atoms. The van der Waals surface area contributed by atoms with Gasteiger partial charge in [0.25, 0.3) is 0 Å². The van der Waals surface area contributed by atoms with E-state index in [9.17, 15) is 4.79 Å². The van der Waals surface area contributed by atoms with Crippen molar-refractivity contribution in [2.75, 3.05) is 25.2 Å². The van der Waals surface area contributed by atoms with Crippen LogP contribution in [0, 0.1) is 0 Å². The molecule has 1 aromatic heterocycles. The van der Waals surface area contributed by atoms with Crippen LogP contribution in [0.5, 0.6) is 0 Å². The van der Waals surface area contributed by atoms with E-state index in [0.717, 1.165) is 37.6 Å². The average molecular weight is 274 g/mol. The van der Waals surface area contributed by atoms with Crippen LogP contribution in [0.25, 0.3) is 0 Å². The third kappa shape index (κ3) is 4.92. The van der Waals surface area contributed by atoms with Gasteiger partial charge in [0.05, 0.1) is 5.75 Å². The third-order valence-electron chi connectivity index (χ3n) is 2.30. The lowest BCUT2D eigenvalue weighted by Crippen LogP contribution is -2.07. The van der Waals surface area contributed by atoms with Gasteiger partial charge in [-0.3, -0.25) is 9.36 Å². The summed E-state index contributed by atoms with van der Waals surface area (Å²) in [7, 11) is 1.68. The number of aromatic nitrogens is 3. The Morgan fingerprint density at radius 3 is 2.89 bits per heavy atom. The van der Waals surface area contributed by atoms with Gasteiger partial charge in [0.1, 0.15) is 0 Å². The van der Waals surface area contributed by atoms with Crippen molar-refractivity contribution in [2.24, 2.45) is 0 Å². The zero-order valence-corrected chi connectivity index (χ0v) is 11.2. The third-order valence-corrected chi connectivity index (χ3v) is 3.25. The maximum Gasteiger partial charge on any atom is 0.313 e. The molecule has 0 aliphatic carbocycles. The first-order chi connectivity index (χ1) is 8.65. The Hall–Kier alpha value is -1.28. The molecule has 1 aromatic rings. The van der Waals surface area contributed by atoms with Crippen LogP contribution in [-0.2, 0) is 16.1 Å². The van der Waals surface area contributed by atoms with Gasteiger partial charge >= 0.3 is 5.97 Å². The second kappa shape index (κ2) is 7.93. The molecule has 3 N–H and O–H groups in total. The van der Waals surface area contributed by atoms with Crippen molar-refractivity contribution >= 4 is 23.7 Å². The molecule has 8 heteroatoms. The van der Waals surface area contributed by atoms with E-state index in [-0.39, 0.29) is 5.75 Å². The Labute approximate surface area is 110 Å². The van der Waals surface area contributed by atoms with Crippen molar-refractivity contribution in [3.05, 3.63) is 0 Å². The zero-order chi connectivity index (χ0) is 13.4. The molecule has 0 bridgehead atoms. The van der Waals surface area contributed by atoms with Gasteiger partial charge in [0, 0.05) is 20.3 Å². The molecular weight excluding hydrogens is 256 g/mol. The summed E-state index contributed by atoms with van der Waals surface area (Å²) >= 11 is 1.13. The van der Waals surface area contributed by atoms with E-state index >= 15 is 0 Å². The minimum absolute atomic E-state index is 0.0399. The minimum atomic E-state index is -0.881. The van der Waals surface area contributed by atoms with Crippen LogP contribution in [0.4, 0.5) is 5.95 Å². The van der Waals surface area contributed by atoms with E-state index < -0.39 is 5.97 Å². The van der Waals surface area contributed by atoms with Gasteiger partial charge in [-0.2, -0.15) is 0 Å². The molecule has 0 atom stereocenters. The number of carbonyl (C=O) groups is 1. The summed E-state index contributed by atoms with van der Waals surface area (Å²) in [6, 6.07) is 0. The summed E-state index contributed by atoms with van der Waals surface area (Å²) in [6.45, 7) is 1.45. The highest BCUT2D eigenvalue weighted by Gasteiger charge is 2.11. The lowest BCUT2D eigenvalue weighted by atomic mass is 10.2. The van der Waals surface area contributed by atoms with E-state index in [1.54, 1.807) is 11.7 Å². The molecule has 102 valence electrons. The molecule has 0 aliphatic rings. The number of carboxylic acids is 1. The van der Waals surface area contributed by atoms with E-state index in [0.29, 0.717) is 17.6 Å². The monoisotopic (exact) mass is 274 g/mol. The van der Waals surface area contributed by atoms with Gasteiger partial charge in [0.2, 0.25) is 5.95 Å². The number of nitrogens with zero attached hydrogens (tertiary/aromatic N) is 3. The molecule has 0 saturated heterocycles. The smallest absolute Gasteiger partial charge is 0.313 e. The van der Waals surface area contributed by atoms with E-state index in [1.807, 2.05) is 0 Å². The molecule has 0 saturated carbocycles. The summed E-state index contributed by atoms with van der Waals surface area (Å²) in [6.07, 6.45) is 2.96. The van der Waals surface area contributed by atoms with Gasteiger partial charge in [0.15, 0.2) is 5.16 Å². The fourth-order valence-corrected chi connectivity index (χ4v) is 2.13. The average Bonchev–Trinajstić information content (AvgIpc) is 2.68. The van der Waals surface area contributed by atoms with Gasteiger partial charge in [-0.05, 0) is 19.3 Å². The van der Waals surface area contributed by atoms with Crippen molar-refractivity contribution in [1.29, 1.82) is 0 Å². The summed E-state index contributed by atoms with van der Waals surface area (Å²) < 4.78 is 6.72. The molecule has 1 rings (SSSR count). The normalized spacial score (nSPS) is 10.7. The molecule has 0 fully saturated rings. The van der Waals surface area contributed by atoms with Crippen LogP contribution < -0.4 is 5.73 Å². The van der Waals surface area contributed by atoms with Crippen LogP contribution in [-0.4, -0.2) is 45.3 Å². The quantitative estimate of drug-likeness (QED) is 0.508. The summed E-state index contributed by atoms with van der Waals surface area (Å²) in [5.41, 5.74) is 5.69. The standard InChI is InChI=1S/C10H18N4O3S/c1-17-6-4-2-3-5-14-9(11)12-13-10(14)18-7-8(15)16/h2-7H2,1H3,(H2,11,12)(H,15,16). The molecule has 0 spiro atoms. The number of thioether (sulfide) groups is 1. The van der Waals surface area contributed by atoms with Gasteiger partial charge in [-0.25, -0.2) is 0 Å². The largest absolute Gasteiger partial charge is 0.481 e. The highest BCUT2D eigenvalue weighted by Crippen LogP contribution is 2.18. The number of rotatable bonds is 9. The summed E-state index contributed by atoms with van der Waals surface area (Å²) in [5, 5.41) is 16.8. The van der Waals surface area contributed by atoms with Crippen LogP contribution in [0.15, 0.2) is 5.16 Å². The number of unbranched alkanes of at least 4 members (excludes halogenated alkanes) is 2. The Morgan fingerprint density at radius 1 is 1.44 bits per heavy atom. The van der Waals surface area contributed by atoms with Crippen LogP contribution >= 0.6 is 11.8 Å². The number of nitrogen functional groups attached to an aromatic ring is 1. The number of aliphatic carboxylic acids is 1. The topological polar surface area (TPSA) is 103 Å². The Morgan fingerprint density at radius 2 is 2.22 bits per heavy atom.